The van der Waals surface area contributed by atoms with Crippen LogP contribution >= 0.6 is 0 Å². The molecule has 10 heteroatoms. The molecule has 0 aromatic carbocycles. The number of carbonyl (C=O) groups is 2. The predicted octanol–water partition coefficient (Wildman–Crippen LogP) is -0.345. The maximum atomic E-state index is 12.8. The van der Waals surface area contributed by atoms with Crippen LogP contribution in [-0.2, 0) is 11.8 Å². The van der Waals surface area contributed by atoms with Crippen molar-refractivity contribution in [2.75, 3.05) is 19.7 Å². The van der Waals surface area contributed by atoms with Gasteiger partial charge in [0.1, 0.15) is 6.33 Å². The summed E-state index contributed by atoms with van der Waals surface area (Å²) in [5.41, 5.74) is 0.423. The van der Waals surface area contributed by atoms with Crippen molar-refractivity contribution in [3.05, 3.63) is 36.2 Å². The van der Waals surface area contributed by atoms with Gasteiger partial charge in [-0.05, 0) is 18.9 Å². The monoisotopic (exact) mass is 371 g/mol. The Morgan fingerprint density at radius 3 is 2.93 bits per heavy atom. The topological polar surface area (TPSA) is 115 Å². The number of carbonyl (C=O) groups excluding carboxylic acids is 2. The second-order valence-corrected chi connectivity index (χ2v) is 6.90. The largest absolute Gasteiger partial charge is 0.376 e. The van der Waals surface area contributed by atoms with Crippen LogP contribution in [0, 0.1) is 5.92 Å². The molecule has 0 bridgehead atoms. The van der Waals surface area contributed by atoms with Crippen molar-refractivity contribution in [3.8, 4) is 0 Å². The molecule has 2 fully saturated rings. The summed E-state index contributed by atoms with van der Waals surface area (Å²) in [6.07, 6.45) is 6.17. The van der Waals surface area contributed by atoms with Gasteiger partial charge in [0.25, 0.3) is 11.8 Å². The molecule has 0 aliphatic carbocycles. The molecular weight excluding hydrogens is 350 g/mol. The van der Waals surface area contributed by atoms with Gasteiger partial charge >= 0.3 is 0 Å². The maximum absolute atomic E-state index is 12.8. The number of hydrogen-bond donors (Lipinski definition) is 1. The number of nitrogens with one attached hydrogen (secondary N) is 1. The van der Waals surface area contributed by atoms with Crippen molar-refractivity contribution < 1.29 is 14.3 Å². The van der Waals surface area contributed by atoms with Crippen LogP contribution in [0.3, 0.4) is 0 Å². The average Bonchev–Trinajstić information content (AvgIpc) is 3.14. The van der Waals surface area contributed by atoms with E-state index in [0.717, 1.165) is 12.8 Å². The molecule has 0 saturated carbocycles. The first-order valence-electron chi connectivity index (χ1n) is 8.96. The second kappa shape index (κ2) is 7.39. The van der Waals surface area contributed by atoms with Gasteiger partial charge in [0.2, 0.25) is 5.82 Å². The summed E-state index contributed by atoms with van der Waals surface area (Å²) in [6, 6.07) is 1.29. The Hall–Kier alpha value is -2.88. The third kappa shape index (κ3) is 3.65. The summed E-state index contributed by atoms with van der Waals surface area (Å²) >= 11 is 0. The molecule has 2 saturated heterocycles. The minimum Gasteiger partial charge on any atom is -0.376 e. The molecule has 1 N–H and O–H groups in total. The molecule has 10 nitrogen and oxygen atoms in total. The zero-order chi connectivity index (χ0) is 18.8. The van der Waals surface area contributed by atoms with Gasteiger partial charge in [-0.3, -0.25) is 14.3 Å². The van der Waals surface area contributed by atoms with E-state index in [2.05, 4.69) is 25.6 Å². The smallest absolute Gasteiger partial charge is 0.293 e. The Morgan fingerprint density at radius 2 is 2.19 bits per heavy atom. The van der Waals surface area contributed by atoms with E-state index in [0.29, 0.717) is 25.3 Å². The molecule has 142 valence electrons. The molecule has 0 spiro atoms. The number of nitrogens with zero attached hydrogens (tertiary/aromatic N) is 6. The summed E-state index contributed by atoms with van der Waals surface area (Å²) in [5, 5.41) is 14.5. The Balaban J connectivity index is 1.53. The summed E-state index contributed by atoms with van der Waals surface area (Å²) in [7, 11) is 1.72. The van der Waals surface area contributed by atoms with Crippen molar-refractivity contribution in [2.45, 2.75) is 25.0 Å². The Kier molecular flexibility index (Phi) is 4.80. The zero-order valence-corrected chi connectivity index (χ0v) is 15.0. The molecule has 2 aromatic rings. The lowest BCUT2D eigenvalue weighted by Crippen LogP contribution is -2.62. The lowest BCUT2D eigenvalue weighted by molar-refractivity contribution is -0.0775. The van der Waals surface area contributed by atoms with E-state index in [-0.39, 0.29) is 35.7 Å². The summed E-state index contributed by atoms with van der Waals surface area (Å²) in [6.45, 7) is 1.59. The third-order valence-electron chi connectivity index (χ3n) is 5.00. The molecule has 3 atom stereocenters. The van der Waals surface area contributed by atoms with Crippen LogP contribution in [0.4, 0.5) is 0 Å². The van der Waals surface area contributed by atoms with E-state index in [9.17, 15) is 9.59 Å². The van der Waals surface area contributed by atoms with Crippen LogP contribution < -0.4 is 5.32 Å². The van der Waals surface area contributed by atoms with E-state index >= 15 is 0 Å². The highest BCUT2D eigenvalue weighted by Gasteiger charge is 2.42. The molecular formula is C17H21N7O3. The van der Waals surface area contributed by atoms with Crippen molar-refractivity contribution in [3.63, 3.8) is 0 Å². The number of fused-ring (bicyclic) bond motifs is 1. The van der Waals surface area contributed by atoms with Crippen LogP contribution in [-0.4, -0.2) is 73.5 Å². The highest BCUT2D eigenvalue weighted by atomic mass is 16.5. The van der Waals surface area contributed by atoms with Gasteiger partial charge < -0.3 is 15.0 Å². The van der Waals surface area contributed by atoms with Crippen LogP contribution in [0.15, 0.2) is 24.8 Å². The van der Waals surface area contributed by atoms with E-state index < -0.39 is 0 Å². The first kappa shape index (κ1) is 17.5. The number of ether oxygens (including phenoxy) is 1. The van der Waals surface area contributed by atoms with Crippen LogP contribution in [0.5, 0.6) is 0 Å². The van der Waals surface area contributed by atoms with Crippen molar-refractivity contribution in [1.82, 2.24) is 35.2 Å². The fourth-order valence-electron chi connectivity index (χ4n) is 3.75. The minimum atomic E-state index is -0.308. The van der Waals surface area contributed by atoms with Gasteiger partial charge in [-0.1, -0.05) is 0 Å². The van der Waals surface area contributed by atoms with Crippen LogP contribution in [0.2, 0.25) is 0 Å². The highest BCUT2D eigenvalue weighted by Crippen LogP contribution is 2.29. The van der Waals surface area contributed by atoms with Gasteiger partial charge in [0, 0.05) is 32.7 Å². The molecule has 0 unspecified atom stereocenters. The average molecular weight is 371 g/mol. The number of amides is 2. The number of rotatable bonds is 3. The quantitative estimate of drug-likeness (QED) is 0.784. The number of piperidine rings is 1. The second-order valence-electron chi connectivity index (χ2n) is 6.90. The molecule has 2 aliphatic heterocycles. The minimum absolute atomic E-state index is 0.113. The Morgan fingerprint density at radius 1 is 1.30 bits per heavy atom. The van der Waals surface area contributed by atoms with Crippen molar-refractivity contribution in [1.29, 1.82) is 0 Å². The van der Waals surface area contributed by atoms with E-state index in [1.807, 2.05) is 0 Å². The van der Waals surface area contributed by atoms with Gasteiger partial charge in [0.05, 0.1) is 30.1 Å². The number of likely N-dealkylation sites (tertiary alicyclic amines) is 1. The van der Waals surface area contributed by atoms with Gasteiger partial charge in [-0.15, -0.1) is 5.10 Å². The van der Waals surface area contributed by atoms with E-state index in [4.69, 9.17) is 4.74 Å². The maximum Gasteiger partial charge on any atom is 0.293 e. The molecule has 2 amide bonds. The first-order chi connectivity index (χ1) is 13.1. The van der Waals surface area contributed by atoms with Crippen molar-refractivity contribution >= 4 is 11.8 Å². The summed E-state index contributed by atoms with van der Waals surface area (Å²) < 4.78 is 7.45. The van der Waals surface area contributed by atoms with Crippen molar-refractivity contribution in [2.24, 2.45) is 13.0 Å². The zero-order valence-electron chi connectivity index (χ0n) is 15.0. The first-order valence-corrected chi connectivity index (χ1v) is 8.96. The molecule has 4 heterocycles. The lowest BCUT2D eigenvalue weighted by Gasteiger charge is -2.45. The number of aromatic nitrogens is 5. The normalized spacial score (nSPS) is 24.9. The summed E-state index contributed by atoms with van der Waals surface area (Å²) in [4.78, 5) is 31.1. The van der Waals surface area contributed by atoms with Crippen LogP contribution in [0.25, 0.3) is 0 Å². The Bertz CT molecular complexity index is 825. The molecule has 2 aliphatic rings. The molecule has 0 radical (unpaired) electrons. The van der Waals surface area contributed by atoms with E-state index in [1.165, 1.54) is 23.4 Å². The van der Waals surface area contributed by atoms with E-state index in [1.54, 1.807) is 18.0 Å². The van der Waals surface area contributed by atoms with Gasteiger partial charge in [0.15, 0.2) is 0 Å². The standard InChI is InChI=1S/C17H21N7O3/c1-23-10-18-15(22-23)17(26)24-8-12-3-2-6-27-14(12)13(9-24)21-16(25)11-4-5-19-20-7-11/h4-5,7,10,12-14H,2-3,6,8-9H2,1H3,(H,21,25)/t12-,13+,14-/m0/s1. The highest BCUT2D eigenvalue weighted by molar-refractivity contribution is 5.94. The third-order valence-corrected chi connectivity index (χ3v) is 5.00. The summed E-state index contributed by atoms with van der Waals surface area (Å²) in [5.74, 6) is -0.158. The molecule has 2 aromatic heterocycles. The molecule has 4 rings (SSSR count). The molecule has 27 heavy (non-hydrogen) atoms. The number of hydrogen-bond acceptors (Lipinski definition) is 7. The van der Waals surface area contributed by atoms with Gasteiger partial charge in [-0.2, -0.15) is 10.2 Å². The lowest BCUT2D eigenvalue weighted by atomic mass is 9.85. The van der Waals surface area contributed by atoms with Crippen LogP contribution in [0.1, 0.15) is 33.8 Å². The number of aryl methyl sites for hydroxylation is 1. The Labute approximate surface area is 155 Å². The predicted molar refractivity (Wildman–Crippen MR) is 92.7 cm³/mol. The SMILES string of the molecule is Cn1cnc(C(=O)N2C[C@@H]3CCCO[C@@H]3[C@H](NC(=O)c3ccnnc3)C2)n1. The van der Waals surface area contributed by atoms with Gasteiger partial charge in [-0.25, -0.2) is 4.98 Å². The fourth-order valence-corrected chi connectivity index (χ4v) is 3.75. The fraction of sp³-hybridized carbons (Fsp3) is 0.529.